The average Bonchev–Trinajstić information content (AvgIpc) is 3.16. The van der Waals surface area contributed by atoms with Crippen molar-refractivity contribution >= 4 is 17.5 Å². The van der Waals surface area contributed by atoms with Crippen LogP contribution in [0.2, 0.25) is 0 Å². The van der Waals surface area contributed by atoms with Crippen LogP contribution in [-0.2, 0) is 16.1 Å². The minimum atomic E-state index is -0.790. The minimum Gasteiger partial charge on any atom is -0.486 e. The van der Waals surface area contributed by atoms with Gasteiger partial charge in [0.2, 0.25) is 5.91 Å². The van der Waals surface area contributed by atoms with Crippen LogP contribution >= 0.6 is 0 Å². The third-order valence-electron chi connectivity index (χ3n) is 4.89. The lowest BCUT2D eigenvalue weighted by Crippen LogP contribution is -2.50. The molecule has 1 aliphatic rings. The highest BCUT2D eigenvalue weighted by atomic mass is 16.5. The van der Waals surface area contributed by atoms with Crippen LogP contribution in [0.1, 0.15) is 21.6 Å². The number of aromatic nitrogens is 2. The smallest absolute Gasteiger partial charge is 0.257 e. The highest BCUT2D eigenvalue weighted by Crippen LogP contribution is 2.22. The molecule has 0 aliphatic carbocycles. The zero-order chi connectivity index (χ0) is 20.4. The number of imidazole rings is 1. The second-order valence-electron chi connectivity index (χ2n) is 6.95. The number of hydrogen-bond donors (Lipinski definition) is 1. The van der Waals surface area contributed by atoms with Gasteiger partial charge in [-0.1, -0.05) is 18.2 Å². The van der Waals surface area contributed by atoms with Crippen LogP contribution in [0.5, 0.6) is 5.75 Å². The molecule has 0 bridgehead atoms. The van der Waals surface area contributed by atoms with E-state index in [-0.39, 0.29) is 25.7 Å². The number of carbonyl (C=O) groups excluding carboxylic acids is 2. The monoisotopic (exact) mass is 394 g/mol. The topological polar surface area (TPSA) is 99.2 Å². The Hall–Kier alpha value is -3.39. The molecule has 3 heterocycles. The summed E-state index contributed by atoms with van der Waals surface area (Å²) < 4.78 is 13.2. The fourth-order valence-corrected chi connectivity index (χ4v) is 3.37. The number of nitrogens with zero attached hydrogens (tertiary/aromatic N) is 3. The molecule has 0 spiro atoms. The van der Waals surface area contributed by atoms with Crippen LogP contribution < -0.4 is 10.5 Å². The predicted octanol–water partition coefficient (Wildman–Crippen LogP) is 1.55. The van der Waals surface area contributed by atoms with Gasteiger partial charge < -0.3 is 24.5 Å². The number of hydrogen-bond acceptors (Lipinski definition) is 5. The Morgan fingerprint density at radius 2 is 2.10 bits per heavy atom. The number of benzene rings is 1. The molecule has 8 heteroatoms. The Bertz CT molecular complexity index is 1060. The van der Waals surface area contributed by atoms with E-state index in [0.717, 1.165) is 16.9 Å². The fraction of sp³-hybridized carbons (Fsp3) is 0.286. The van der Waals surface area contributed by atoms with Gasteiger partial charge in [0.15, 0.2) is 6.10 Å². The van der Waals surface area contributed by atoms with Gasteiger partial charge in [-0.25, -0.2) is 4.98 Å². The van der Waals surface area contributed by atoms with Crippen molar-refractivity contribution in [2.24, 2.45) is 5.73 Å². The Balaban J connectivity index is 1.51. The van der Waals surface area contributed by atoms with Gasteiger partial charge in [-0.3, -0.25) is 9.59 Å². The summed E-state index contributed by atoms with van der Waals surface area (Å²) in [5.41, 5.74) is 8.46. The highest BCUT2D eigenvalue weighted by molar-refractivity contribution is 5.97. The van der Waals surface area contributed by atoms with Crippen molar-refractivity contribution in [1.82, 2.24) is 14.3 Å². The quantitative estimate of drug-likeness (QED) is 0.708. The van der Waals surface area contributed by atoms with E-state index in [1.54, 1.807) is 23.1 Å². The Morgan fingerprint density at radius 1 is 1.28 bits per heavy atom. The maximum absolute atomic E-state index is 13.0. The largest absolute Gasteiger partial charge is 0.486 e. The molecular weight excluding hydrogens is 372 g/mol. The van der Waals surface area contributed by atoms with E-state index in [4.69, 9.17) is 15.2 Å². The summed E-state index contributed by atoms with van der Waals surface area (Å²) in [7, 11) is 0. The van der Waals surface area contributed by atoms with Gasteiger partial charge in [-0.15, -0.1) is 0 Å². The van der Waals surface area contributed by atoms with Crippen LogP contribution in [-0.4, -0.2) is 51.9 Å². The van der Waals surface area contributed by atoms with Crippen molar-refractivity contribution in [2.45, 2.75) is 19.6 Å². The Labute approximate surface area is 167 Å². The lowest BCUT2D eigenvalue weighted by Gasteiger charge is -2.31. The van der Waals surface area contributed by atoms with Crippen molar-refractivity contribution in [3.05, 3.63) is 65.6 Å². The number of rotatable bonds is 5. The van der Waals surface area contributed by atoms with Gasteiger partial charge in [0.25, 0.3) is 5.91 Å². The van der Waals surface area contributed by atoms with Crippen molar-refractivity contribution in [2.75, 3.05) is 19.7 Å². The van der Waals surface area contributed by atoms with Gasteiger partial charge in [-0.05, 0) is 30.7 Å². The molecule has 1 atom stereocenters. The molecule has 1 fully saturated rings. The minimum absolute atomic E-state index is 0.133. The van der Waals surface area contributed by atoms with Gasteiger partial charge in [0.05, 0.1) is 24.4 Å². The van der Waals surface area contributed by atoms with Gasteiger partial charge in [-0.2, -0.15) is 0 Å². The number of amides is 2. The molecule has 2 amide bonds. The maximum atomic E-state index is 13.0. The maximum Gasteiger partial charge on any atom is 0.257 e. The van der Waals surface area contributed by atoms with Crippen LogP contribution in [0.15, 0.2) is 48.8 Å². The normalized spacial score (nSPS) is 16.7. The van der Waals surface area contributed by atoms with E-state index in [1.807, 2.05) is 41.9 Å². The molecule has 1 aromatic carbocycles. The van der Waals surface area contributed by atoms with E-state index in [2.05, 4.69) is 4.98 Å². The summed E-state index contributed by atoms with van der Waals surface area (Å²) in [6, 6.07) is 11.0. The standard InChI is InChI=1S/C21H22N4O4/c1-14-5-4-8-24-11-15(23-20(14)24)13-29-17-7-3-2-6-16(17)21(27)25-9-10-28-18(12-25)19(22)26/h2-8,11,18H,9-10,12-13H2,1H3,(H2,22,26). The number of ether oxygens (including phenoxy) is 2. The van der Waals surface area contributed by atoms with Crippen molar-refractivity contribution < 1.29 is 19.1 Å². The van der Waals surface area contributed by atoms with Crippen molar-refractivity contribution in [3.8, 4) is 5.75 Å². The Kier molecular flexibility index (Phi) is 5.18. The third-order valence-corrected chi connectivity index (χ3v) is 4.89. The molecule has 150 valence electrons. The lowest BCUT2D eigenvalue weighted by molar-refractivity contribution is -0.133. The van der Waals surface area contributed by atoms with Gasteiger partial charge in [0, 0.05) is 18.9 Å². The molecule has 4 rings (SSSR count). The van der Waals surface area contributed by atoms with Crippen LogP contribution in [0.25, 0.3) is 5.65 Å². The highest BCUT2D eigenvalue weighted by Gasteiger charge is 2.29. The summed E-state index contributed by atoms with van der Waals surface area (Å²) >= 11 is 0. The van der Waals surface area contributed by atoms with Crippen LogP contribution in [0, 0.1) is 6.92 Å². The molecule has 29 heavy (non-hydrogen) atoms. The van der Waals surface area contributed by atoms with Gasteiger partial charge in [0.1, 0.15) is 18.0 Å². The number of primary amides is 1. The van der Waals surface area contributed by atoms with E-state index in [0.29, 0.717) is 17.9 Å². The number of fused-ring (bicyclic) bond motifs is 1. The van der Waals surface area contributed by atoms with Crippen LogP contribution in [0.3, 0.4) is 0 Å². The zero-order valence-electron chi connectivity index (χ0n) is 16.1. The fourth-order valence-electron chi connectivity index (χ4n) is 3.37. The first-order chi connectivity index (χ1) is 14.0. The molecule has 8 nitrogen and oxygen atoms in total. The molecule has 3 aromatic rings. The number of para-hydroxylation sites is 1. The first-order valence-corrected chi connectivity index (χ1v) is 9.38. The van der Waals surface area contributed by atoms with Crippen LogP contribution in [0.4, 0.5) is 0 Å². The lowest BCUT2D eigenvalue weighted by atomic mass is 10.1. The predicted molar refractivity (Wildman–Crippen MR) is 106 cm³/mol. The van der Waals surface area contributed by atoms with Crippen molar-refractivity contribution in [3.63, 3.8) is 0 Å². The van der Waals surface area contributed by atoms with E-state index in [1.165, 1.54) is 0 Å². The first-order valence-electron chi connectivity index (χ1n) is 9.38. The number of morpholine rings is 1. The summed E-state index contributed by atoms with van der Waals surface area (Å²) in [6.07, 6.45) is 3.05. The molecule has 1 unspecified atom stereocenters. The molecule has 1 saturated heterocycles. The van der Waals surface area contributed by atoms with E-state index >= 15 is 0 Å². The summed E-state index contributed by atoms with van der Waals surface area (Å²) in [5, 5.41) is 0. The number of pyridine rings is 1. The summed E-state index contributed by atoms with van der Waals surface area (Å²) in [5.74, 6) is -0.330. The number of nitrogens with two attached hydrogens (primary N) is 1. The zero-order valence-corrected chi connectivity index (χ0v) is 16.1. The summed E-state index contributed by atoms with van der Waals surface area (Å²) in [4.78, 5) is 30.6. The average molecular weight is 394 g/mol. The van der Waals surface area contributed by atoms with Gasteiger partial charge >= 0.3 is 0 Å². The van der Waals surface area contributed by atoms with E-state index in [9.17, 15) is 9.59 Å². The second-order valence-corrected chi connectivity index (χ2v) is 6.95. The SMILES string of the molecule is Cc1cccn2cc(COc3ccccc3C(=O)N3CCOC(C(N)=O)C3)nc12. The third kappa shape index (κ3) is 3.93. The first kappa shape index (κ1) is 18.9. The molecule has 2 aromatic heterocycles. The van der Waals surface area contributed by atoms with E-state index < -0.39 is 12.0 Å². The summed E-state index contributed by atoms with van der Waals surface area (Å²) in [6.45, 7) is 3.03. The molecule has 0 radical (unpaired) electrons. The second kappa shape index (κ2) is 7.92. The number of carbonyl (C=O) groups is 2. The van der Waals surface area contributed by atoms with Crippen molar-refractivity contribution in [1.29, 1.82) is 0 Å². The number of aryl methyl sites for hydroxylation is 1. The molecule has 1 aliphatic heterocycles. The Morgan fingerprint density at radius 3 is 2.90 bits per heavy atom. The molecular formula is C21H22N4O4. The molecule has 0 saturated carbocycles. The molecule has 2 N–H and O–H groups in total.